The Hall–Kier alpha value is -3.33. The normalized spacial score (nSPS) is 17.8. The molecule has 3 aromatic rings. The first-order valence-electron chi connectivity index (χ1n) is 13.9. The summed E-state index contributed by atoms with van der Waals surface area (Å²) in [6.45, 7) is 5.38. The molecule has 0 saturated carbocycles. The van der Waals surface area contributed by atoms with Crippen LogP contribution < -0.4 is 5.32 Å². The second-order valence-corrected chi connectivity index (χ2v) is 11.0. The van der Waals surface area contributed by atoms with E-state index in [1.54, 1.807) is 18.0 Å². The van der Waals surface area contributed by atoms with E-state index in [0.29, 0.717) is 35.2 Å². The van der Waals surface area contributed by atoms with Crippen molar-refractivity contribution in [1.82, 2.24) is 20.2 Å². The molecule has 210 valence electrons. The molecule has 1 aromatic heterocycles. The van der Waals surface area contributed by atoms with E-state index in [9.17, 15) is 14.7 Å². The molecule has 5 rings (SSSR count). The molecule has 2 aromatic carbocycles. The van der Waals surface area contributed by atoms with Crippen molar-refractivity contribution in [3.63, 3.8) is 0 Å². The van der Waals surface area contributed by atoms with Crippen LogP contribution in [-0.4, -0.2) is 57.1 Å². The molecule has 0 radical (unpaired) electrons. The molecule has 8 nitrogen and oxygen atoms in total. The first-order chi connectivity index (χ1) is 19.4. The SMILES string of the molecule is CC[C@H](C(=O)N[C@@H](c1ccccc1)[C@H](C)O)N1Cc2ccc(-c3nc(CC4CCOCC4)ncc3Cl)cc2C1=O. The second-order valence-electron chi connectivity index (χ2n) is 10.6. The molecule has 2 N–H and O–H groups in total. The number of hydrogen-bond donors (Lipinski definition) is 2. The minimum Gasteiger partial charge on any atom is -0.391 e. The summed E-state index contributed by atoms with van der Waals surface area (Å²) in [6, 6.07) is 13.7. The number of fused-ring (bicyclic) bond motifs is 1. The summed E-state index contributed by atoms with van der Waals surface area (Å²) in [5.41, 5.74) is 3.53. The maximum Gasteiger partial charge on any atom is 0.255 e. The second kappa shape index (κ2) is 12.5. The van der Waals surface area contributed by atoms with Crippen LogP contribution in [0.15, 0.2) is 54.7 Å². The average molecular weight is 563 g/mol. The Balaban J connectivity index is 1.34. The summed E-state index contributed by atoms with van der Waals surface area (Å²) in [4.78, 5) is 37.8. The molecule has 9 heteroatoms. The van der Waals surface area contributed by atoms with Crippen LogP contribution in [0.4, 0.5) is 0 Å². The van der Waals surface area contributed by atoms with Gasteiger partial charge in [0.05, 0.1) is 22.9 Å². The number of halogens is 1. The lowest BCUT2D eigenvalue weighted by Crippen LogP contribution is -2.49. The highest BCUT2D eigenvalue weighted by Gasteiger charge is 2.37. The van der Waals surface area contributed by atoms with Crippen LogP contribution in [0, 0.1) is 5.92 Å². The van der Waals surface area contributed by atoms with Gasteiger partial charge in [0, 0.05) is 43.5 Å². The number of carbonyl (C=O) groups excluding carboxylic acids is 2. The number of nitrogens with one attached hydrogen (secondary N) is 1. The molecule has 1 saturated heterocycles. The van der Waals surface area contributed by atoms with Crippen LogP contribution in [0.3, 0.4) is 0 Å². The molecule has 3 heterocycles. The van der Waals surface area contributed by atoms with Gasteiger partial charge < -0.3 is 20.1 Å². The lowest BCUT2D eigenvalue weighted by Gasteiger charge is -2.29. The number of rotatable bonds is 9. The van der Waals surface area contributed by atoms with Crippen LogP contribution in [-0.2, 0) is 22.5 Å². The smallest absolute Gasteiger partial charge is 0.255 e. The Kier molecular flexibility index (Phi) is 8.78. The van der Waals surface area contributed by atoms with Crippen molar-refractivity contribution in [2.24, 2.45) is 5.92 Å². The number of aromatic nitrogens is 2. The Labute approximate surface area is 239 Å². The third-order valence-electron chi connectivity index (χ3n) is 7.83. The third-order valence-corrected chi connectivity index (χ3v) is 8.10. The van der Waals surface area contributed by atoms with Gasteiger partial charge in [-0.15, -0.1) is 0 Å². The van der Waals surface area contributed by atoms with E-state index in [2.05, 4.69) is 10.3 Å². The first-order valence-corrected chi connectivity index (χ1v) is 14.3. The number of nitrogens with zero attached hydrogens (tertiary/aromatic N) is 3. The number of amides is 2. The summed E-state index contributed by atoms with van der Waals surface area (Å²) >= 11 is 6.51. The molecule has 0 spiro atoms. The molecule has 40 heavy (non-hydrogen) atoms. The Morgan fingerprint density at radius 1 is 1.20 bits per heavy atom. The van der Waals surface area contributed by atoms with E-state index in [1.807, 2.05) is 55.5 Å². The van der Waals surface area contributed by atoms with Crippen molar-refractivity contribution >= 4 is 23.4 Å². The van der Waals surface area contributed by atoms with E-state index in [4.69, 9.17) is 21.3 Å². The van der Waals surface area contributed by atoms with Gasteiger partial charge in [-0.1, -0.05) is 61.0 Å². The van der Waals surface area contributed by atoms with Gasteiger partial charge >= 0.3 is 0 Å². The molecular formula is C31H35ClN4O4. The van der Waals surface area contributed by atoms with E-state index < -0.39 is 18.2 Å². The van der Waals surface area contributed by atoms with Crippen LogP contribution in [0.2, 0.25) is 5.02 Å². The lowest BCUT2D eigenvalue weighted by atomic mass is 9.96. The third kappa shape index (κ3) is 6.04. The van der Waals surface area contributed by atoms with Gasteiger partial charge in [0.15, 0.2) is 0 Å². The van der Waals surface area contributed by atoms with Crippen LogP contribution in [0.5, 0.6) is 0 Å². The maximum absolute atomic E-state index is 13.6. The molecule has 1 fully saturated rings. The fraction of sp³-hybridized carbons (Fsp3) is 0.419. The maximum atomic E-state index is 13.6. The Bertz CT molecular complexity index is 1360. The number of carbonyl (C=O) groups is 2. The lowest BCUT2D eigenvalue weighted by molar-refractivity contribution is -0.127. The van der Waals surface area contributed by atoms with Crippen LogP contribution in [0.1, 0.15) is 66.5 Å². The quantitative estimate of drug-likeness (QED) is 0.390. The number of ether oxygens (including phenoxy) is 1. The summed E-state index contributed by atoms with van der Waals surface area (Å²) in [7, 11) is 0. The Morgan fingerprint density at radius 3 is 2.65 bits per heavy atom. The summed E-state index contributed by atoms with van der Waals surface area (Å²) < 4.78 is 5.47. The minimum absolute atomic E-state index is 0.209. The van der Waals surface area contributed by atoms with Gasteiger partial charge in [0.2, 0.25) is 5.91 Å². The minimum atomic E-state index is -0.799. The molecule has 2 aliphatic rings. The highest BCUT2D eigenvalue weighted by atomic mass is 35.5. The summed E-state index contributed by atoms with van der Waals surface area (Å²) in [5.74, 6) is 0.703. The monoisotopic (exact) mass is 562 g/mol. The van der Waals surface area contributed by atoms with E-state index in [-0.39, 0.29) is 11.8 Å². The standard InChI is InChI=1S/C31H35ClN4O4/c1-3-26(30(38)35-28(19(2)37)21-7-5-4-6-8-21)36-18-23-10-9-22(16-24(23)31(36)39)29-25(32)17-33-27(34-29)15-20-11-13-40-14-12-20/h4-10,16-17,19-20,26,28,37H,3,11-15,18H2,1-2H3,(H,35,38)/t19-,26+,28+/m0/s1. The van der Waals surface area contributed by atoms with Gasteiger partial charge in [0.1, 0.15) is 11.9 Å². The van der Waals surface area contributed by atoms with Gasteiger partial charge in [-0.3, -0.25) is 9.59 Å². The number of aliphatic hydroxyl groups excluding tert-OH is 1. The van der Waals surface area contributed by atoms with Gasteiger partial charge in [-0.2, -0.15) is 0 Å². The van der Waals surface area contributed by atoms with E-state index in [0.717, 1.165) is 55.0 Å². The molecule has 2 amide bonds. The predicted octanol–water partition coefficient (Wildman–Crippen LogP) is 4.74. The average Bonchev–Trinajstić information content (AvgIpc) is 3.29. The molecule has 3 atom stereocenters. The fourth-order valence-electron chi connectivity index (χ4n) is 5.58. The number of hydrogen-bond acceptors (Lipinski definition) is 6. The highest BCUT2D eigenvalue weighted by Crippen LogP contribution is 2.33. The van der Waals surface area contributed by atoms with Crippen LogP contribution in [0.25, 0.3) is 11.3 Å². The highest BCUT2D eigenvalue weighted by molar-refractivity contribution is 6.32. The van der Waals surface area contributed by atoms with Crippen molar-refractivity contribution in [3.8, 4) is 11.3 Å². The largest absolute Gasteiger partial charge is 0.391 e. The molecule has 0 unspecified atom stereocenters. The van der Waals surface area contributed by atoms with Gasteiger partial charge in [-0.25, -0.2) is 9.97 Å². The molecule has 0 bridgehead atoms. The van der Waals surface area contributed by atoms with Crippen molar-refractivity contribution < 1.29 is 19.4 Å². The van der Waals surface area contributed by atoms with Crippen molar-refractivity contribution in [2.75, 3.05) is 13.2 Å². The van der Waals surface area contributed by atoms with E-state index in [1.165, 1.54) is 0 Å². The van der Waals surface area contributed by atoms with Crippen LogP contribution >= 0.6 is 11.6 Å². The summed E-state index contributed by atoms with van der Waals surface area (Å²) in [5, 5.41) is 13.8. The van der Waals surface area contributed by atoms with E-state index >= 15 is 0 Å². The number of aliphatic hydroxyl groups is 1. The number of benzene rings is 2. The first kappa shape index (κ1) is 28.2. The van der Waals surface area contributed by atoms with Gasteiger partial charge in [-0.05, 0) is 49.3 Å². The zero-order chi connectivity index (χ0) is 28.2. The Morgan fingerprint density at radius 2 is 1.95 bits per heavy atom. The molecule has 2 aliphatic heterocycles. The van der Waals surface area contributed by atoms with Crippen molar-refractivity contribution in [2.45, 2.75) is 64.3 Å². The fourth-order valence-corrected chi connectivity index (χ4v) is 5.78. The zero-order valence-electron chi connectivity index (χ0n) is 22.8. The van der Waals surface area contributed by atoms with Crippen molar-refractivity contribution in [1.29, 1.82) is 0 Å². The molecular weight excluding hydrogens is 528 g/mol. The van der Waals surface area contributed by atoms with Crippen molar-refractivity contribution in [3.05, 3.63) is 82.3 Å². The van der Waals surface area contributed by atoms with Gasteiger partial charge in [0.25, 0.3) is 5.91 Å². The molecule has 0 aliphatic carbocycles. The topological polar surface area (TPSA) is 105 Å². The zero-order valence-corrected chi connectivity index (χ0v) is 23.6. The predicted molar refractivity (Wildman–Crippen MR) is 153 cm³/mol. The summed E-state index contributed by atoms with van der Waals surface area (Å²) in [6.07, 6.45) is 4.00.